The molecule has 18 nitrogen and oxygen atoms in total. The molecule has 0 saturated carbocycles. The second-order valence-corrected chi connectivity index (χ2v) is 21.7. The number of hydrogen-bond acceptors (Lipinski definition) is 15. The van der Waals surface area contributed by atoms with E-state index in [2.05, 4.69) is 29.1 Å². The number of nitrogens with one attached hydrogen (secondary N) is 1. The highest BCUT2D eigenvalue weighted by molar-refractivity contribution is 6.21. The SMILES string of the molecule is CO[C@H]1/C=C/O[C@@]2(C)Oc3c(C)c(O)c4c(O)c(c5c(c4c3C2=O)NC2(CCN(CC(C)C)CC2)N=5)=NC(=O)/C(C)=C\C=C\[C@H](C)[C@H](O)[C@@H](C)[C@@H](O)[C@@H](C)[C@H](OC(=O)N2CCC(N3CCCC3=O)CC2)[C@@H]1C. The van der Waals surface area contributed by atoms with Gasteiger partial charge in [-0.25, -0.2) is 9.79 Å². The van der Waals surface area contributed by atoms with Gasteiger partial charge in [0.1, 0.15) is 34.0 Å². The number of carbonyl (C=O) groups excluding carboxylic acids is 4. The van der Waals surface area contributed by atoms with Gasteiger partial charge in [-0.2, -0.15) is 0 Å². The minimum absolute atomic E-state index is 0.0428. The molecule has 0 aliphatic carbocycles. The van der Waals surface area contributed by atoms with Crippen molar-refractivity contribution in [2.75, 3.05) is 51.7 Å². The lowest BCUT2D eigenvalue weighted by atomic mass is 9.78. The van der Waals surface area contributed by atoms with Crippen LogP contribution >= 0.6 is 0 Å². The summed E-state index contributed by atoms with van der Waals surface area (Å²) in [4.78, 5) is 71.1. The zero-order valence-corrected chi connectivity index (χ0v) is 43.4. The molecular weight excluding hydrogens is 925 g/mol. The van der Waals surface area contributed by atoms with Crippen LogP contribution in [0.3, 0.4) is 0 Å². The van der Waals surface area contributed by atoms with Crippen LogP contribution in [-0.2, 0) is 23.8 Å². The third kappa shape index (κ3) is 9.83. The first-order valence-corrected chi connectivity index (χ1v) is 25.7. The Morgan fingerprint density at radius 3 is 2.25 bits per heavy atom. The predicted molar refractivity (Wildman–Crippen MR) is 268 cm³/mol. The number of anilines is 1. The predicted octanol–water partition coefficient (Wildman–Crippen LogP) is 5.41. The first-order chi connectivity index (χ1) is 34.1. The van der Waals surface area contributed by atoms with Gasteiger partial charge in [0.05, 0.1) is 41.2 Å². The number of likely N-dealkylation sites (tertiary alicyclic amines) is 3. The maximum atomic E-state index is 15.0. The highest BCUT2D eigenvalue weighted by Crippen LogP contribution is 2.51. The fourth-order valence-electron chi connectivity index (χ4n) is 11.7. The van der Waals surface area contributed by atoms with E-state index >= 15 is 0 Å². The molecule has 0 aromatic heterocycles. The lowest BCUT2D eigenvalue weighted by Gasteiger charge is -2.40. The summed E-state index contributed by atoms with van der Waals surface area (Å²) in [5.74, 6) is -6.21. The van der Waals surface area contributed by atoms with Gasteiger partial charge in [-0.1, -0.05) is 59.8 Å². The van der Waals surface area contributed by atoms with E-state index in [0.717, 1.165) is 19.5 Å². The number of phenols is 2. The Morgan fingerprint density at radius 1 is 0.917 bits per heavy atom. The molecule has 0 radical (unpaired) electrons. The molecule has 3 saturated heterocycles. The van der Waals surface area contributed by atoms with Crippen molar-refractivity contribution in [3.63, 3.8) is 0 Å². The first kappa shape index (κ1) is 52.8. The number of phenolic OH excluding ortho intramolecular Hbond substituents is 2. The number of piperidine rings is 2. The Kier molecular flexibility index (Phi) is 15.2. The smallest absolute Gasteiger partial charge is 0.410 e. The van der Waals surface area contributed by atoms with Crippen LogP contribution < -0.4 is 20.8 Å². The second kappa shape index (κ2) is 20.7. The Hall–Kier alpha value is -5.56. The molecule has 7 aliphatic heterocycles. The molecule has 9 atom stereocenters. The van der Waals surface area contributed by atoms with Crippen LogP contribution in [0.1, 0.15) is 110 Å². The number of Topliss-reactive ketones (excluding diaryl/α,β-unsaturated/α-hetero) is 1. The van der Waals surface area contributed by atoms with E-state index in [9.17, 15) is 39.6 Å². The molecule has 7 aliphatic rings. The third-order valence-corrected chi connectivity index (χ3v) is 16.1. The summed E-state index contributed by atoms with van der Waals surface area (Å²) in [7, 11) is 1.48. The number of ketones is 1. The summed E-state index contributed by atoms with van der Waals surface area (Å²) in [6, 6.07) is 0.0502. The fraction of sp³-hybridized carbons (Fsp3) is 0.630. The first-order valence-electron chi connectivity index (χ1n) is 25.7. The van der Waals surface area contributed by atoms with Crippen LogP contribution in [-0.4, -0.2) is 147 Å². The summed E-state index contributed by atoms with van der Waals surface area (Å²) in [6.45, 7) is 19.8. The third-order valence-electron chi connectivity index (χ3n) is 16.1. The molecule has 2 aromatic carbocycles. The monoisotopic (exact) mass is 999 g/mol. The van der Waals surface area contributed by atoms with Crippen LogP contribution in [0.2, 0.25) is 0 Å². The molecule has 2 aromatic rings. The fourth-order valence-corrected chi connectivity index (χ4v) is 11.7. The highest BCUT2D eigenvalue weighted by Gasteiger charge is 2.51. The number of fused-ring (bicyclic) bond motifs is 13. The maximum absolute atomic E-state index is 15.0. The van der Waals surface area contributed by atoms with Crippen molar-refractivity contribution in [3.05, 3.63) is 58.0 Å². The van der Waals surface area contributed by atoms with Gasteiger partial charge >= 0.3 is 11.9 Å². The lowest BCUT2D eigenvalue weighted by molar-refractivity contribution is -0.130. The number of carbonyl (C=O) groups is 4. The molecular formula is C54H74N6O12. The van der Waals surface area contributed by atoms with E-state index in [0.29, 0.717) is 69.9 Å². The quantitative estimate of drug-likeness (QED) is 0.236. The number of benzene rings is 2. The standard InChI is InChI=1S/C54H74N6O12/c1-28(2)27-58-24-19-54(20-25-58)56-41-38-39-46(64)34(8)49-40(38)50(66)53(9,72-49)70-26-18-36(69-10)31(5)48(71-52(68)59-22-16-35(17-23-59)60-21-12-15-37(60)61)33(7)45(63)32(6)44(62)29(3)13-11-14-30(4)51(67)55-43(47(39)65)42(41)57-54/h11,13-14,18,26,28-29,31-33,35-36,44-45,48,56,62-65H,12,15-17,19-25,27H2,1-10H3/b13-11+,26-18+,30-14-,55-43?/t29-,31+,32+,33+,36-,44-,45+,48+,53-/m0/s1. The molecule has 5 bridgehead atoms. The van der Waals surface area contributed by atoms with E-state index in [1.807, 2.05) is 11.8 Å². The Bertz CT molecular complexity index is 2690. The van der Waals surface area contributed by atoms with Crippen molar-refractivity contribution in [2.24, 2.45) is 39.6 Å². The van der Waals surface area contributed by atoms with Crippen LogP contribution in [0.5, 0.6) is 17.2 Å². The molecule has 1 spiro atoms. The van der Waals surface area contributed by atoms with Crippen LogP contribution in [0, 0.1) is 36.5 Å². The summed E-state index contributed by atoms with van der Waals surface area (Å²) in [6.07, 6.45) is 6.83. The molecule has 5 N–H and O–H groups in total. The van der Waals surface area contributed by atoms with Gasteiger partial charge in [-0.05, 0) is 45.1 Å². The van der Waals surface area contributed by atoms with Crippen molar-refractivity contribution in [1.82, 2.24) is 14.7 Å². The van der Waals surface area contributed by atoms with Crippen LogP contribution in [0.25, 0.3) is 10.8 Å². The van der Waals surface area contributed by atoms with Gasteiger partial charge < -0.3 is 59.4 Å². The van der Waals surface area contributed by atoms with Crippen LogP contribution in [0.4, 0.5) is 10.5 Å². The van der Waals surface area contributed by atoms with E-state index in [-0.39, 0.29) is 61.6 Å². The minimum Gasteiger partial charge on any atom is -0.507 e. The Labute approximate surface area is 421 Å². The Morgan fingerprint density at radius 2 is 1.61 bits per heavy atom. The van der Waals surface area contributed by atoms with Crippen molar-refractivity contribution < 1.29 is 58.6 Å². The van der Waals surface area contributed by atoms with Gasteiger partial charge in [-0.15, -0.1) is 0 Å². The van der Waals surface area contributed by atoms with Crippen molar-refractivity contribution in [2.45, 2.75) is 143 Å². The van der Waals surface area contributed by atoms with E-state index in [1.54, 1.807) is 63.8 Å². The van der Waals surface area contributed by atoms with E-state index in [4.69, 9.17) is 23.9 Å². The zero-order valence-electron chi connectivity index (χ0n) is 43.4. The van der Waals surface area contributed by atoms with Crippen molar-refractivity contribution in [3.8, 4) is 17.2 Å². The highest BCUT2D eigenvalue weighted by atomic mass is 16.7. The number of aliphatic hydroxyl groups excluding tert-OH is 2. The van der Waals surface area contributed by atoms with Gasteiger partial charge in [0, 0.05) is 119 Å². The number of rotatable bonds is 5. The average molecular weight is 999 g/mol. The molecule has 3 fully saturated rings. The molecule has 18 heteroatoms. The number of allylic oxidation sites excluding steroid dienone is 2. The zero-order chi connectivity index (χ0) is 52.1. The number of ether oxygens (including phenoxy) is 4. The number of aromatic hydroxyl groups is 2. The number of methoxy groups -OCH3 is 1. The van der Waals surface area contributed by atoms with Gasteiger partial charge in [0.25, 0.3) is 11.7 Å². The average Bonchev–Trinajstić information content (AvgIpc) is 4.04. The number of aliphatic hydroxyl groups is 2. The summed E-state index contributed by atoms with van der Waals surface area (Å²) in [5, 5.41) is 51.5. The van der Waals surface area contributed by atoms with Crippen molar-refractivity contribution >= 4 is 40.2 Å². The summed E-state index contributed by atoms with van der Waals surface area (Å²) in [5.41, 5.74) is -0.171. The Balaban J connectivity index is 1.19. The van der Waals surface area contributed by atoms with Crippen molar-refractivity contribution in [1.29, 1.82) is 0 Å². The van der Waals surface area contributed by atoms with Gasteiger partial charge in [-0.3, -0.25) is 19.4 Å². The topological polar surface area (TPSA) is 233 Å². The van der Waals surface area contributed by atoms with Gasteiger partial charge in [0.15, 0.2) is 5.75 Å². The lowest BCUT2D eigenvalue weighted by Crippen LogP contribution is -2.50. The molecule has 0 unspecified atom stereocenters. The summed E-state index contributed by atoms with van der Waals surface area (Å²) < 4.78 is 24.9. The summed E-state index contributed by atoms with van der Waals surface area (Å²) >= 11 is 0. The minimum atomic E-state index is -1.99. The number of nitrogens with zero attached hydrogens (tertiary/aromatic N) is 5. The van der Waals surface area contributed by atoms with E-state index in [1.165, 1.54) is 20.3 Å². The van der Waals surface area contributed by atoms with E-state index < -0.39 is 83.1 Å². The molecule has 7 heterocycles. The second-order valence-electron chi connectivity index (χ2n) is 21.7. The maximum Gasteiger partial charge on any atom is 0.410 e. The molecule has 72 heavy (non-hydrogen) atoms. The number of hydrogen-bond donors (Lipinski definition) is 5. The number of amides is 3. The molecule has 3 amide bonds. The van der Waals surface area contributed by atoms with Gasteiger partial charge in [0.2, 0.25) is 5.91 Å². The normalized spacial score (nSPS) is 32.2. The van der Waals surface area contributed by atoms with Crippen LogP contribution in [0.15, 0.2) is 46.1 Å². The largest absolute Gasteiger partial charge is 0.507 e. The molecule has 9 rings (SSSR count). The molecule has 392 valence electrons.